The van der Waals surface area contributed by atoms with Crippen LogP contribution in [0.4, 0.5) is 0 Å². The van der Waals surface area contributed by atoms with Gasteiger partial charge in [0.25, 0.3) is 0 Å². The minimum Gasteiger partial charge on any atom is -0.356 e. The molecule has 130 valence electrons. The van der Waals surface area contributed by atoms with E-state index in [-0.39, 0.29) is 0 Å². The zero-order valence-electron chi connectivity index (χ0n) is 14.7. The molecule has 0 bridgehead atoms. The molecule has 0 amide bonds. The standard InChI is InChI=1S/C19H24N6/c1-15-24-17-9-3-4-10-18(17)25(15)13-7-12-22-19(20-2)23-14-16-8-5-6-11-21-16/h3-6,8-11H,7,12-14H2,1-2H3,(H2,20,22,23). The number of imidazole rings is 1. The smallest absolute Gasteiger partial charge is 0.191 e. The van der Waals surface area contributed by atoms with Crippen LogP contribution in [0.3, 0.4) is 0 Å². The predicted octanol–water partition coefficient (Wildman–Crippen LogP) is 2.50. The molecule has 0 unspecified atom stereocenters. The van der Waals surface area contributed by atoms with Gasteiger partial charge < -0.3 is 15.2 Å². The molecule has 0 spiro atoms. The van der Waals surface area contributed by atoms with E-state index in [4.69, 9.17) is 0 Å². The number of nitrogens with one attached hydrogen (secondary N) is 2. The van der Waals surface area contributed by atoms with E-state index in [0.29, 0.717) is 6.54 Å². The molecule has 6 nitrogen and oxygen atoms in total. The van der Waals surface area contributed by atoms with Gasteiger partial charge in [-0.25, -0.2) is 4.98 Å². The first-order valence-electron chi connectivity index (χ1n) is 8.54. The van der Waals surface area contributed by atoms with Crippen molar-refractivity contribution in [2.75, 3.05) is 13.6 Å². The maximum atomic E-state index is 4.61. The molecule has 3 aromatic rings. The number of hydrogen-bond donors (Lipinski definition) is 2. The van der Waals surface area contributed by atoms with Crippen LogP contribution in [-0.2, 0) is 13.1 Å². The highest BCUT2D eigenvalue weighted by Crippen LogP contribution is 2.15. The zero-order chi connectivity index (χ0) is 17.5. The Labute approximate surface area is 148 Å². The highest BCUT2D eigenvalue weighted by atomic mass is 15.2. The Bertz CT molecular complexity index is 838. The molecule has 0 aliphatic carbocycles. The van der Waals surface area contributed by atoms with E-state index in [1.54, 1.807) is 13.2 Å². The summed E-state index contributed by atoms with van der Waals surface area (Å²) in [6.07, 6.45) is 2.79. The topological polar surface area (TPSA) is 67.1 Å². The van der Waals surface area contributed by atoms with Crippen LogP contribution in [0.25, 0.3) is 11.0 Å². The van der Waals surface area contributed by atoms with Crippen molar-refractivity contribution in [3.63, 3.8) is 0 Å². The minimum atomic E-state index is 0.659. The maximum Gasteiger partial charge on any atom is 0.191 e. The molecule has 6 heteroatoms. The van der Waals surface area contributed by atoms with E-state index in [1.807, 2.05) is 24.3 Å². The molecule has 2 heterocycles. The number of pyridine rings is 1. The van der Waals surface area contributed by atoms with Crippen molar-refractivity contribution in [2.45, 2.75) is 26.4 Å². The fraction of sp³-hybridized carbons (Fsp3) is 0.316. The molecule has 0 saturated carbocycles. The van der Waals surface area contributed by atoms with Gasteiger partial charge in [-0.15, -0.1) is 0 Å². The van der Waals surface area contributed by atoms with Crippen molar-refractivity contribution in [2.24, 2.45) is 4.99 Å². The highest BCUT2D eigenvalue weighted by Gasteiger charge is 2.06. The van der Waals surface area contributed by atoms with E-state index in [9.17, 15) is 0 Å². The van der Waals surface area contributed by atoms with Crippen LogP contribution in [0.15, 0.2) is 53.7 Å². The second-order valence-electron chi connectivity index (χ2n) is 5.83. The van der Waals surface area contributed by atoms with Gasteiger partial charge in [0.05, 0.1) is 23.3 Å². The molecule has 0 fully saturated rings. The summed E-state index contributed by atoms with van der Waals surface area (Å²) >= 11 is 0. The molecule has 0 radical (unpaired) electrons. The summed E-state index contributed by atoms with van der Waals surface area (Å²) in [7, 11) is 1.78. The normalized spacial score (nSPS) is 11.7. The molecule has 2 N–H and O–H groups in total. The second-order valence-corrected chi connectivity index (χ2v) is 5.83. The number of guanidine groups is 1. The van der Waals surface area contributed by atoms with Crippen LogP contribution < -0.4 is 10.6 Å². The van der Waals surface area contributed by atoms with Gasteiger partial charge in [-0.1, -0.05) is 18.2 Å². The van der Waals surface area contributed by atoms with Crippen molar-refractivity contribution in [3.05, 3.63) is 60.2 Å². The van der Waals surface area contributed by atoms with Gasteiger partial charge in [0.2, 0.25) is 0 Å². The molecule has 0 saturated heterocycles. The minimum absolute atomic E-state index is 0.659. The number of aliphatic imine (C=N–C) groups is 1. The van der Waals surface area contributed by atoms with Gasteiger partial charge in [0.1, 0.15) is 5.82 Å². The lowest BCUT2D eigenvalue weighted by Crippen LogP contribution is -2.37. The van der Waals surface area contributed by atoms with Gasteiger partial charge in [-0.05, 0) is 37.6 Å². The number of nitrogens with zero attached hydrogens (tertiary/aromatic N) is 4. The van der Waals surface area contributed by atoms with E-state index >= 15 is 0 Å². The Morgan fingerprint density at radius 3 is 2.76 bits per heavy atom. The lowest BCUT2D eigenvalue weighted by atomic mass is 10.3. The lowest BCUT2D eigenvalue weighted by molar-refractivity contribution is 0.624. The Morgan fingerprint density at radius 1 is 1.12 bits per heavy atom. The third kappa shape index (κ3) is 4.35. The number of para-hydroxylation sites is 2. The second kappa shape index (κ2) is 8.28. The third-order valence-electron chi connectivity index (χ3n) is 4.08. The first-order chi connectivity index (χ1) is 12.3. The van der Waals surface area contributed by atoms with E-state index < -0.39 is 0 Å². The monoisotopic (exact) mass is 336 g/mol. The fourth-order valence-corrected chi connectivity index (χ4v) is 2.82. The van der Waals surface area contributed by atoms with Gasteiger partial charge in [-0.3, -0.25) is 9.98 Å². The van der Waals surface area contributed by atoms with Crippen molar-refractivity contribution in [3.8, 4) is 0 Å². The molecule has 0 atom stereocenters. The van der Waals surface area contributed by atoms with E-state index in [1.165, 1.54) is 5.52 Å². The first-order valence-corrected chi connectivity index (χ1v) is 8.54. The molecule has 0 aliphatic rings. The number of rotatable bonds is 6. The largest absolute Gasteiger partial charge is 0.356 e. The zero-order valence-corrected chi connectivity index (χ0v) is 14.7. The fourth-order valence-electron chi connectivity index (χ4n) is 2.82. The van der Waals surface area contributed by atoms with E-state index in [0.717, 1.165) is 42.5 Å². The van der Waals surface area contributed by atoms with Gasteiger partial charge in [0.15, 0.2) is 5.96 Å². The summed E-state index contributed by atoms with van der Waals surface area (Å²) in [5.41, 5.74) is 3.24. The van der Waals surface area contributed by atoms with Crippen LogP contribution in [0.5, 0.6) is 0 Å². The van der Waals surface area contributed by atoms with Crippen LogP contribution >= 0.6 is 0 Å². The molecule has 25 heavy (non-hydrogen) atoms. The molecular formula is C19H24N6. The quantitative estimate of drug-likeness (QED) is 0.412. The van der Waals surface area contributed by atoms with Crippen LogP contribution in [0.2, 0.25) is 0 Å². The average molecular weight is 336 g/mol. The number of aryl methyl sites for hydroxylation is 2. The number of hydrogen-bond acceptors (Lipinski definition) is 3. The number of benzene rings is 1. The first kappa shape index (κ1) is 17.0. The van der Waals surface area contributed by atoms with Crippen molar-refractivity contribution in [1.29, 1.82) is 0 Å². The van der Waals surface area contributed by atoms with Crippen molar-refractivity contribution in [1.82, 2.24) is 25.2 Å². The van der Waals surface area contributed by atoms with Crippen LogP contribution in [-0.4, -0.2) is 34.1 Å². The van der Waals surface area contributed by atoms with Crippen LogP contribution in [0.1, 0.15) is 17.9 Å². The average Bonchev–Trinajstić information content (AvgIpc) is 2.97. The Morgan fingerprint density at radius 2 is 1.96 bits per heavy atom. The Kier molecular flexibility index (Phi) is 5.61. The summed E-state index contributed by atoms with van der Waals surface area (Å²) in [6, 6.07) is 14.2. The number of fused-ring (bicyclic) bond motifs is 1. The van der Waals surface area contributed by atoms with Gasteiger partial charge in [0, 0.05) is 26.3 Å². The summed E-state index contributed by atoms with van der Waals surface area (Å²) in [5.74, 6) is 1.84. The molecule has 2 aromatic heterocycles. The summed E-state index contributed by atoms with van der Waals surface area (Å²) in [6.45, 7) is 4.48. The summed E-state index contributed by atoms with van der Waals surface area (Å²) in [4.78, 5) is 13.2. The van der Waals surface area contributed by atoms with Crippen molar-refractivity contribution < 1.29 is 0 Å². The van der Waals surface area contributed by atoms with Crippen LogP contribution in [0, 0.1) is 6.92 Å². The SMILES string of the molecule is CN=C(NCCCn1c(C)nc2ccccc21)NCc1ccccn1. The van der Waals surface area contributed by atoms with E-state index in [2.05, 4.69) is 55.3 Å². The molecular weight excluding hydrogens is 312 g/mol. The Balaban J connectivity index is 1.47. The third-order valence-corrected chi connectivity index (χ3v) is 4.08. The number of aromatic nitrogens is 3. The van der Waals surface area contributed by atoms with Gasteiger partial charge in [-0.2, -0.15) is 0 Å². The predicted molar refractivity (Wildman–Crippen MR) is 102 cm³/mol. The molecule has 3 rings (SSSR count). The summed E-state index contributed by atoms with van der Waals surface area (Å²) in [5, 5.41) is 6.62. The van der Waals surface area contributed by atoms with Crippen molar-refractivity contribution >= 4 is 17.0 Å². The highest BCUT2D eigenvalue weighted by molar-refractivity contribution is 5.79. The molecule has 1 aromatic carbocycles. The van der Waals surface area contributed by atoms with Gasteiger partial charge >= 0.3 is 0 Å². The maximum absolute atomic E-state index is 4.61. The Hall–Kier alpha value is -2.89. The molecule has 0 aliphatic heterocycles. The lowest BCUT2D eigenvalue weighted by Gasteiger charge is -2.12. The summed E-state index contributed by atoms with van der Waals surface area (Å²) < 4.78 is 2.26.